The third-order valence-electron chi connectivity index (χ3n) is 7.61. The van der Waals surface area contributed by atoms with Gasteiger partial charge in [-0.3, -0.25) is 4.79 Å². The summed E-state index contributed by atoms with van der Waals surface area (Å²) in [5.74, 6) is -0.247. The summed E-state index contributed by atoms with van der Waals surface area (Å²) in [4.78, 5) is 10.9. The fraction of sp³-hybridized carbons (Fsp3) is 0.525. The summed E-state index contributed by atoms with van der Waals surface area (Å²) in [6.45, 7) is 21.8. The van der Waals surface area contributed by atoms with Gasteiger partial charge in [-0.15, -0.1) is 8.58 Å². The minimum Gasteiger partial charge on any atom is -0.507 e. The molecule has 0 aromatic heterocycles. The lowest BCUT2D eigenvalue weighted by Gasteiger charge is -2.33. The van der Waals surface area contributed by atoms with E-state index in [1.807, 2.05) is 86.6 Å². The second-order valence-corrected chi connectivity index (χ2v) is 14.7. The highest BCUT2D eigenvalue weighted by atomic mass is 31.1. The Morgan fingerprint density at radius 1 is 0.712 bits per heavy atom. The van der Waals surface area contributed by atoms with E-state index in [0.29, 0.717) is 35.7 Å². The molecule has 0 saturated heterocycles. The van der Waals surface area contributed by atoms with Crippen LogP contribution in [0.4, 0.5) is 0 Å². The SMILES string of the molecule is COC(C)(C)OC.CPC.Cc1cc(C=O)c2c(c1)COC(C)(C)O2.Cc1cc(CO)c(O)c(CO)c1.Cc1cc(CO)c2c(c1)COC(C)(C)O2. The second-order valence-electron chi connectivity index (χ2n) is 13.7. The van der Waals surface area contributed by atoms with Gasteiger partial charge in [-0.05, 0) is 59.6 Å². The lowest BCUT2D eigenvalue weighted by atomic mass is 10.0. The van der Waals surface area contributed by atoms with Crippen molar-refractivity contribution < 1.29 is 53.6 Å². The van der Waals surface area contributed by atoms with Crippen molar-refractivity contribution in [2.24, 2.45) is 0 Å². The largest absolute Gasteiger partial charge is 0.507 e. The number of carbonyl (C=O) groups is 1. The number of phenols is 1. The van der Waals surface area contributed by atoms with Gasteiger partial charge in [0.1, 0.15) is 17.2 Å². The fourth-order valence-electron chi connectivity index (χ4n) is 4.79. The van der Waals surface area contributed by atoms with Crippen molar-refractivity contribution in [3.05, 3.63) is 86.5 Å². The number of aromatic hydroxyl groups is 1. The molecule has 0 amide bonds. The van der Waals surface area contributed by atoms with Gasteiger partial charge in [0.2, 0.25) is 11.6 Å². The number of fused-ring (bicyclic) bond motifs is 2. The molecule has 0 bridgehead atoms. The topological polar surface area (TPSA) is 153 Å². The van der Waals surface area contributed by atoms with Gasteiger partial charge in [0.15, 0.2) is 12.1 Å². The summed E-state index contributed by atoms with van der Waals surface area (Å²) in [7, 11) is 4.31. The molecule has 0 aliphatic carbocycles. The highest BCUT2D eigenvalue weighted by Gasteiger charge is 2.30. The Balaban J connectivity index is 0.000000348. The number of benzene rings is 3. The summed E-state index contributed by atoms with van der Waals surface area (Å²) in [6.07, 6.45) is 0.827. The average molecular weight is 749 g/mol. The molecular formula is C40H61O11P. The molecule has 3 aromatic rings. The summed E-state index contributed by atoms with van der Waals surface area (Å²) in [5, 5.41) is 36.3. The molecule has 2 aliphatic heterocycles. The standard InChI is InChI=1S/C12H16O3.C12H14O3.C9H12O3.C5H12O2.C2H7P/c2*1-8-4-9(6-13)11-10(5-8)7-14-12(2,3)15-11;1-6-2-7(4-10)9(12)8(3-6)5-11;1-5(2,6-3)7-4;1-3-2/h4-5,13H,6-7H2,1-3H3;4-6H,7H2,1-3H3;2-3,10-12H,4-5H2,1H3;1-4H3;3H,1-2H3. The molecule has 5 rings (SSSR count). The summed E-state index contributed by atoms with van der Waals surface area (Å²) < 4.78 is 32.1. The number of aliphatic hydroxyl groups excluding tert-OH is 3. The van der Waals surface area contributed by atoms with Gasteiger partial charge in [0, 0.05) is 69.7 Å². The van der Waals surface area contributed by atoms with Crippen LogP contribution in [0, 0.1) is 20.8 Å². The quantitative estimate of drug-likeness (QED) is 0.115. The monoisotopic (exact) mass is 748 g/mol. The Morgan fingerprint density at radius 3 is 1.46 bits per heavy atom. The minimum atomic E-state index is -0.653. The van der Waals surface area contributed by atoms with Crippen LogP contribution in [0.3, 0.4) is 0 Å². The highest BCUT2D eigenvalue weighted by Crippen LogP contribution is 2.36. The van der Waals surface area contributed by atoms with Crippen molar-refractivity contribution in [2.45, 2.75) is 113 Å². The molecule has 292 valence electrons. The molecule has 0 saturated carbocycles. The molecule has 2 heterocycles. The number of aryl methyl sites for hydroxylation is 3. The van der Waals surface area contributed by atoms with Crippen LogP contribution in [-0.4, -0.2) is 71.6 Å². The van der Waals surface area contributed by atoms with Crippen molar-refractivity contribution >= 4 is 14.9 Å². The van der Waals surface area contributed by atoms with E-state index in [1.165, 1.54) is 0 Å². The van der Waals surface area contributed by atoms with Gasteiger partial charge in [0.25, 0.3) is 0 Å². The second kappa shape index (κ2) is 21.5. The zero-order chi connectivity index (χ0) is 39.9. The molecule has 2 aliphatic rings. The maximum atomic E-state index is 10.9. The predicted octanol–water partition coefficient (Wildman–Crippen LogP) is 7.21. The smallest absolute Gasteiger partial charge is 0.205 e. The van der Waals surface area contributed by atoms with Crippen LogP contribution in [0.2, 0.25) is 0 Å². The first-order valence-corrected chi connectivity index (χ1v) is 19.0. The molecule has 0 fully saturated rings. The molecule has 0 atom stereocenters. The molecule has 0 radical (unpaired) electrons. The van der Waals surface area contributed by atoms with Gasteiger partial charge in [-0.25, -0.2) is 0 Å². The van der Waals surface area contributed by atoms with Crippen molar-refractivity contribution in [1.29, 1.82) is 0 Å². The molecule has 52 heavy (non-hydrogen) atoms. The zero-order valence-corrected chi connectivity index (χ0v) is 34.2. The van der Waals surface area contributed by atoms with Crippen LogP contribution in [0.1, 0.15) is 96.4 Å². The van der Waals surface area contributed by atoms with E-state index in [9.17, 15) is 15.0 Å². The summed E-state index contributed by atoms with van der Waals surface area (Å²) in [6, 6.07) is 11.2. The highest BCUT2D eigenvalue weighted by molar-refractivity contribution is 7.35. The summed E-state index contributed by atoms with van der Waals surface area (Å²) in [5.41, 5.74) is 7.38. The van der Waals surface area contributed by atoms with Crippen LogP contribution in [0.15, 0.2) is 36.4 Å². The molecular weight excluding hydrogens is 687 g/mol. The van der Waals surface area contributed by atoms with Crippen LogP contribution < -0.4 is 9.47 Å². The van der Waals surface area contributed by atoms with E-state index in [4.69, 9.17) is 38.6 Å². The van der Waals surface area contributed by atoms with Crippen molar-refractivity contribution in [3.8, 4) is 17.2 Å². The number of ether oxygens (including phenoxy) is 6. The number of aliphatic hydroxyl groups is 3. The van der Waals surface area contributed by atoms with Gasteiger partial charge in [-0.1, -0.05) is 41.5 Å². The Labute approximate surface area is 312 Å². The van der Waals surface area contributed by atoms with E-state index in [2.05, 4.69) is 13.3 Å². The van der Waals surface area contributed by atoms with Crippen LogP contribution in [0.25, 0.3) is 0 Å². The molecule has 11 nitrogen and oxygen atoms in total. The lowest BCUT2D eigenvalue weighted by Crippen LogP contribution is -2.35. The van der Waals surface area contributed by atoms with E-state index in [0.717, 1.165) is 54.0 Å². The maximum Gasteiger partial charge on any atom is 0.205 e. The Bertz CT molecular complexity index is 1520. The van der Waals surface area contributed by atoms with Gasteiger partial charge >= 0.3 is 0 Å². The summed E-state index contributed by atoms with van der Waals surface area (Å²) >= 11 is 0. The third-order valence-corrected chi connectivity index (χ3v) is 7.61. The Morgan fingerprint density at radius 2 is 1.08 bits per heavy atom. The predicted molar refractivity (Wildman–Crippen MR) is 206 cm³/mol. The molecule has 0 unspecified atom stereocenters. The van der Waals surface area contributed by atoms with Gasteiger partial charge in [0.05, 0.1) is 38.6 Å². The molecule has 0 spiro atoms. The van der Waals surface area contributed by atoms with Gasteiger partial charge in [-0.2, -0.15) is 0 Å². The van der Waals surface area contributed by atoms with Crippen molar-refractivity contribution in [1.82, 2.24) is 0 Å². The number of hydrogen-bond donors (Lipinski definition) is 4. The number of rotatable bonds is 6. The molecule has 12 heteroatoms. The normalized spacial score (nSPS) is 14.7. The van der Waals surface area contributed by atoms with Crippen LogP contribution in [-0.2, 0) is 52.0 Å². The first kappa shape index (κ1) is 46.9. The number of carbonyl (C=O) groups excluding carboxylic acids is 1. The van der Waals surface area contributed by atoms with Gasteiger partial charge < -0.3 is 48.8 Å². The van der Waals surface area contributed by atoms with Crippen molar-refractivity contribution in [3.63, 3.8) is 0 Å². The Hall–Kier alpha value is -3.12. The zero-order valence-electron chi connectivity index (χ0n) is 33.2. The fourth-order valence-corrected chi connectivity index (χ4v) is 4.79. The van der Waals surface area contributed by atoms with E-state index >= 15 is 0 Å². The average Bonchev–Trinajstić information content (AvgIpc) is 3.09. The molecule has 3 aromatic carbocycles. The lowest BCUT2D eigenvalue weighted by molar-refractivity contribution is -0.181. The van der Waals surface area contributed by atoms with E-state index in [-0.39, 0.29) is 25.6 Å². The molecule has 4 N–H and O–H groups in total. The number of methoxy groups -OCH3 is 2. The van der Waals surface area contributed by atoms with E-state index in [1.54, 1.807) is 26.4 Å². The first-order chi connectivity index (χ1) is 24.3. The third kappa shape index (κ3) is 15.1. The van der Waals surface area contributed by atoms with Crippen LogP contribution >= 0.6 is 8.58 Å². The number of hydrogen-bond acceptors (Lipinski definition) is 11. The number of aldehydes is 1. The van der Waals surface area contributed by atoms with Crippen molar-refractivity contribution in [2.75, 3.05) is 27.5 Å². The van der Waals surface area contributed by atoms with Crippen LogP contribution in [0.5, 0.6) is 17.2 Å². The minimum absolute atomic E-state index is 0.0000926. The maximum absolute atomic E-state index is 10.9. The van der Waals surface area contributed by atoms with E-state index < -0.39 is 17.4 Å². The first-order valence-electron chi connectivity index (χ1n) is 17.0. The Kier molecular flexibility index (Phi) is 19.4.